The van der Waals surface area contributed by atoms with E-state index in [4.69, 9.17) is 18.4 Å². The SMILES string of the molecule is CCC(=O)CCCCC(=NOS(O)(O)O)SC1OC(CO)C(O)C(O)C1O. The fourth-order valence-corrected chi connectivity index (χ4v) is 3.64. The van der Waals surface area contributed by atoms with Gasteiger partial charge in [0.2, 0.25) is 0 Å². The summed E-state index contributed by atoms with van der Waals surface area (Å²) in [7, 11) is 0. The summed E-state index contributed by atoms with van der Waals surface area (Å²) in [6.07, 6.45) is -3.71. The number of rotatable bonds is 10. The van der Waals surface area contributed by atoms with E-state index in [9.17, 15) is 25.2 Å². The highest BCUT2D eigenvalue weighted by Gasteiger charge is 2.44. The van der Waals surface area contributed by atoms with Crippen LogP contribution in [0.1, 0.15) is 39.0 Å². The summed E-state index contributed by atoms with van der Waals surface area (Å²) in [5.74, 6) is 0.0934. The monoisotopic (exact) mass is 433 g/mol. The van der Waals surface area contributed by atoms with Gasteiger partial charge in [0.15, 0.2) is 0 Å². The maximum Gasteiger partial charge on any atom is 0.287 e. The Morgan fingerprint density at radius 2 is 1.74 bits per heavy atom. The Labute approximate surface area is 162 Å². The zero-order chi connectivity index (χ0) is 20.6. The van der Waals surface area contributed by atoms with Gasteiger partial charge in [-0.15, -0.1) is 0 Å². The third-order valence-corrected chi connectivity index (χ3v) is 5.28. The minimum atomic E-state index is -4.34. The van der Waals surface area contributed by atoms with Crippen molar-refractivity contribution in [3.63, 3.8) is 0 Å². The van der Waals surface area contributed by atoms with Crippen LogP contribution in [-0.2, 0) is 13.8 Å². The minimum absolute atomic E-state index is 0.0934. The third kappa shape index (κ3) is 8.60. The van der Waals surface area contributed by atoms with Crippen LogP contribution in [-0.4, -0.2) is 81.4 Å². The molecule has 0 bridgehead atoms. The van der Waals surface area contributed by atoms with Gasteiger partial charge in [-0.05, 0) is 19.3 Å². The lowest BCUT2D eigenvalue weighted by molar-refractivity contribution is -0.205. The highest BCUT2D eigenvalue weighted by atomic mass is 32.3. The number of hydrogen-bond acceptors (Lipinski definition) is 12. The van der Waals surface area contributed by atoms with E-state index in [1.165, 1.54) is 0 Å². The van der Waals surface area contributed by atoms with Crippen LogP contribution >= 0.6 is 22.9 Å². The van der Waals surface area contributed by atoms with Gasteiger partial charge in [-0.3, -0.25) is 22.7 Å². The van der Waals surface area contributed by atoms with E-state index in [2.05, 4.69) is 9.44 Å². The maximum atomic E-state index is 11.3. The van der Waals surface area contributed by atoms with Crippen molar-refractivity contribution in [1.29, 1.82) is 0 Å². The standard InChI is InChI=1S/C14H27NO10S2/c1-2-8(17)5-3-4-6-10(15-25-27(21,22)23)26-14-13(20)12(19)11(18)9(7-16)24-14/h9,11-14,16,18-23H,2-7H2,1H3. The number of oxime groups is 1. The summed E-state index contributed by atoms with van der Waals surface area (Å²) in [5, 5.41) is 42.4. The smallest absolute Gasteiger partial charge is 0.287 e. The fraction of sp³-hybridized carbons (Fsp3) is 0.857. The molecule has 1 heterocycles. The van der Waals surface area contributed by atoms with E-state index in [1.54, 1.807) is 6.92 Å². The number of unbranched alkanes of at least 4 members (excludes halogenated alkanes) is 1. The molecule has 11 nitrogen and oxygen atoms in total. The van der Waals surface area contributed by atoms with Crippen molar-refractivity contribution in [3.8, 4) is 0 Å². The lowest BCUT2D eigenvalue weighted by Crippen LogP contribution is -2.57. The van der Waals surface area contributed by atoms with E-state index >= 15 is 0 Å². The molecule has 0 aromatic heterocycles. The van der Waals surface area contributed by atoms with Crippen molar-refractivity contribution in [2.24, 2.45) is 5.16 Å². The molecule has 1 aliphatic rings. The number of Topliss-reactive ketones (excluding diaryl/α,β-unsaturated/α-hetero) is 1. The average molecular weight is 434 g/mol. The Kier molecular flexibility index (Phi) is 10.5. The van der Waals surface area contributed by atoms with E-state index in [0.717, 1.165) is 11.8 Å². The van der Waals surface area contributed by atoms with Crippen molar-refractivity contribution in [2.75, 3.05) is 6.61 Å². The van der Waals surface area contributed by atoms with Gasteiger partial charge in [-0.2, -0.15) is 0 Å². The second-order valence-electron chi connectivity index (χ2n) is 5.94. The summed E-state index contributed by atoms with van der Waals surface area (Å²) in [6, 6.07) is 0. The Bertz CT molecular complexity index is 499. The first-order valence-electron chi connectivity index (χ1n) is 8.34. The van der Waals surface area contributed by atoms with Gasteiger partial charge < -0.3 is 25.2 Å². The number of thioether (sulfide) groups is 1. The summed E-state index contributed by atoms with van der Waals surface area (Å²) in [4.78, 5) is 11.3. The van der Waals surface area contributed by atoms with Crippen molar-refractivity contribution in [2.45, 2.75) is 68.9 Å². The molecule has 0 aromatic carbocycles. The Morgan fingerprint density at radius 3 is 2.30 bits per heavy atom. The molecule has 0 spiro atoms. The summed E-state index contributed by atoms with van der Waals surface area (Å²) < 4.78 is 36.2. The molecule has 0 saturated carbocycles. The van der Waals surface area contributed by atoms with Crippen molar-refractivity contribution < 1.29 is 47.9 Å². The zero-order valence-electron chi connectivity index (χ0n) is 14.7. The number of hydrogen-bond donors (Lipinski definition) is 7. The highest BCUT2D eigenvalue weighted by molar-refractivity contribution is 8.15. The molecule has 1 fully saturated rings. The Morgan fingerprint density at radius 1 is 1.11 bits per heavy atom. The topological polar surface area (TPSA) is 189 Å². The van der Waals surface area contributed by atoms with Crippen molar-refractivity contribution in [1.82, 2.24) is 0 Å². The minimum Gasteiger partial charge on any atom is -0.394 e. The van der Waals surface area contributed by atoms with Crippen molar-refractivity contribution >= 4 is 33.7 Å². The molecule has 5 unspecified atom stereocenters. The van der Waals surface area contributed by atoms with Crippen LogP contribution in [0.2, 0.25) is 0 Å². The van der Waals surface area contributed by atoms with Gasteiger partial charge in [0.05, 0.1) is 6.61 Å². The zero-order valence-corrected chi connectivity index (χ0v) is 16.4. The lowest BCUT2D eigenvalue weighted by Gasteiger charge is -2.39. The number of carbonyl (C=O) groups is 1. The first-order valence-corrected chi connectivity index (χ1v) is 10.6. The second-order valence-corrected chi connectivity index (χ2v) is 8.20. The maximum absolute atomic E-state index is 11.3. The van der Waals surface area contributed by atoms with Gasteiger partial charge in [0, 0.05) is 12.8 Å². The second kappa shape index (κ2) is 11.5. The molecule has 1 rings (SSSR count). The average Bonchev–Trinajstić information content (AvgIpc) is 2.62. The number of ketones is 1. The van der Waals surface area contributed by atoms with E-state index in [1.807, 2.05) is 0 Å². The van der Waals surface area contributed by atoms with Crippen LogP contribution in [0.5, 0.6) is 0 Å². The fourth-order valence-electron chi connectivity index (χ4n) is 2.29. The van der Waals surface area contributed by atoms with Gasteiger partial charge in [0.1, 0.15) is 40.7 Å². The molecule has 0 radical (unpaired) electrons. The van der Waals surface area contributed by atoms with Gasteiger partial charge >= 0.3 is 0 Å². The normalized spacial score (nSPS) is 30.2. The Balaban J connectivity index is 2.75. The highest BCUT2D eigenvalue weighted by Crippen LogP contribution is 2.36. The molecule has 1 saturated heterocycles. The Hall–Kier alpha value is -0.480. The van der Waals surface area contributed by atoms with Crippen LogP contribution in [0.4, 0.5) is 0 Å². The number of carbonyl (C=O) groups excluding carboxylic acids is 1. The number of nitrogens with zero attached hydrogens (tertiary/aromatic N) is 1. The van der Waals surface area contributed by atoms with E-state index in [0.29, 0.717) is 25.7 Å². The number of aliphatic hydroxyl groups excluding tert-OH is 4. The molecule has 0 aliphatic carbocycles. The molecule has 0 aromatic rings. The first-order chi connectivity index (χ1) is 12.6. The summed E-state index contributed by atoms with van der Waals surface area (Å²) >= 11 is -3.57. The quantitative estimate of drug-likeness (QED) is 0.110. The van der Waals surface area contributed by atoms with Crippen LogP contribution in [0.25, 0.3) is 0 Å². The molecule has 1 aliphatic heterocycles. The van der Waals surface area contributed by atoms with E-state index in [-0.39, 0.29) is 17.2 Å². The molecule has 0 amide bonds. The largest absolute Gasteiger partial charge is 0.394 e. The van der Waals surface area contributed by atoms with Crippen LogP contribution in [0, 0.1) is 0 Å². The van der Waals surface area contributed by atoms with E-state index < -0.39 is 47.6 Å². The number of ether oxygens (including phenoxy) is 1. The van der Waals surface area contributed by atoms with Crippen LogP contribution in [0.3, 0.4) is 0 Å². The van der Waals surface area contributed by atoms with Crippen molar-refractivity contribution in [3.05, 3.63) is 0 Å². The first kappa shape index (κ1) is 24.6. The van der Waals surface area contributed by atoms with Crippen LogP contribution < -0.4 is 0 Å². The van der Waals surface area contributed by atoms with Crippen LogP contribution in [0.15, 0.2) is 5.16 Å². The molecular formula is C14H27NO10S2. The van der Waals surface area contributed by atoms with Gasteiger partial charge in [-0.25, -0.2) is 0 Å². The predicted octanol–water partition coefficient (Wildman–Crippen LogP) is 0.528. The molecule has 5 atom stereocenters. The van der Waals surface area contributed by atoms with Gasteiger partial charge in [0.25, 0.3) is 11.2 Å². The molecule has 160 valence electrons. The van der Waals surface area contributed by atoms with Gasteiger partial charge in [-0.1, -0.05) is 23.8 Å². The molecule has 13 heteroatoms. The predicted molar refractivity (Wildman–Crippen MR) is 99.1 cm³/mol. The molecule has 7 N–H and O–H groups in total. The molecular weight excluding hydrogens is 406 g/mol. The summed E-state index contributed by atoms with van der Waals surface area (Å²) in [5.41, 5.74) is -1.14. The summed E-state index contributed by atoms with van der Waals surface area (Å²) in [6.45, 7) is 1.16. The number of aliphatic hydroxyl groups is 4. The lowest BCUT2D eigenvalue weighted by atomic mass is 10.0. The molecule has 27 heavy (non-hydrogen) atoms. The third-order valence-electron chi connectivity index (χ3n) is 3.83.